The highest BCUT2D eigenvalue weighted by atomic mass is 16.2. The van der Waals surface area contributed by atoms with Crippen LogP contribution in [0, 0.1) is 0 Å². The second-order valence-electron chi connectivity index (χ2n) is 5.44. The number of imidazole rings is 1. The zero-order valence-corrected chi connectivity index (χ0v) is 13.8. The molecular formula is C17H24N4O2. The van der Waals surface area contributed by atoms with Gasteiger partial charge in [-0.15, -0.1) is 0 Å². The molecule has 2 N–H and O–H groups in total. The summed E-state index contributed by atoms with van der Waals surface area (Å²) in [4.78, 5) is 28.1. The van der Waals surface area contributed by atoms with Gasteiger partial charge in [-0.25, -0.2) is 4.98 Å². The number of carbonyl (C=O) groups is 2. The number of aromatic nitrogens is 2. The molecule has 0 aliphatic heterocycles. The maximum absolute atomic E-state index is 12.1. The molecule has 2 amide bonds. The molecule has 0 bridgehead atoms. The van der Waals surface area contributed by atoms with Gasteiger partial charge in [0.25, 0.3) is 0 Å². The van der Waals surface area contributed by atoms with Crippen LogP contribution in [0.5, 0.6) is 0 Å². The average molecular weight is 316 g/mol. The lowest BCUT2D eigenvalue weighted by Crippen LogP contribution is -2.30. The lowest BCUT2D eigenvalue weighted by molar-refractivity contribution is -0.121. The van der Waals surface area contributed by atoms with E-state index in [0.717, 1.165) is 23.9 Å². The van der Waals surface area contributed by atoms with Gasteiger partial charge in [0.15, 0.2) is 0 Å². The first kappa shape index (κ1) is 17.0. The summed E-state index contributed by atoms with van der Waals surface area (Å²) in [5.41, 5.74) is 1.73. The van der Waals surface area contributed by atoms with Gasteiger partial charge in [-0.3, -0.25) is 9.59 Å². The minimum Gasteiger partial charge on any atom is -0.355 e. The lowest BCUT2D eigenvalue weighted by atomic mass is 10.3. The molecule has 2 aromatic rings. The van der Waals surface area contributed by atoms with Crippen LogP contribution >= 0.6 is 0 Å². The van der Waals surface area contributed by atoms with E-state index in [0.29, 0.717) is 25.3 Å². The van der Waals surface area contributed by atoms with Crippen molar-refractivity contribution in [3.8, 4) is 0 Å². The Morgan fingerprint density at radius 2 is 1.91 bits per heavy atom. The third-order valence-corrected chi connectivity index (χ3v) is 3.65. The number of benzene rings is 1. The highest BCUT2D eigenvalue weighted by Crippen LogP contribution is 2.16. The zero-order valence-electron chi connectivity index (χ0n) is 13.8. The molecule has 0 unspecified atom stereocenters. The van der Waals surface area contributed by atoms with Gasteiger partial charge in [0.05, 0.1) is 17.6 Å². The van der Waals surface area contributed by atoms with Gasteiger partial charge in [-0.05, 0) is 18.6 Å². The number of carbonyl (C=O) groups excluding carboxylic acids is 2. The standard InChI is InChI=1S/C17H24N4O2/c1-3-5-10-18-17(23)12-21-14-9-7-6-8-13(14)20-15(21)11-19-16(22)4-2/h6-9H,3-5,10-12H2,1-2H3,(H,18,23)(H,19,22). The summed E-state index contributed by atoms with van der Waals surface area (Å²) in [6.45, 7) is 5.11. The topological polar surface area (TPSA) is 76.0 Å². The van der Waals surface area contributed by atoms with Crippen molar-refractivity contribution < 1.29 is 9.59 Å². The van der Waals surface area contributed by atoms with E-state index < -0.39 is 0 Å². The molecule has 2 rings (SSSR count). The smallest absolute Gasteiger partial charge is 0.240 e. The molecule has 1 aromatic carbocycles. The van der Waals surface area contributed by atoms with Crippen molar-refractivity contribution in [2.24, 2.45) is 0 Å². The quantitative estimate of drug-likeness (QED) is 0.731. The Kier molecular flexibility index (Phi) is 6.14. The summed E-state index contributed by atoms with van der Waals surface area (Å²) in [6, 6.07) is 7.68. The summed E-state index contributed by atoms with van der Waals surface area (Å²) in [5, 5.41) is 5.74. The van der Waals surface area contributed by atoms with Crippen molar-refractivity contribution in [3.63, 3.8) is 0 Å². The van der Waals surface area contributed by atoms with Gasteiger partial charge < -0.3 is 15.2 Å². The van der Waals surface area contributed by atoms with Crippen LogP contribution < -0.4 is 10.6 Å². The minimum absolute atomic E-state index is 0.0315. The fourth-order valence-electron chi connectivity index (χ4n) is 2.34. The van der Waals surface area contributed by atoms with Crippen LogP contribution in [0.25, 0.3) is 11.0 Å². The Morgan fingerprint density at radius 3 is 2.65 bits per heavy atom. The molecule has 0 aliphatic rings. The number of para-hydroxylation sites is 2. The highest BCUT2D eigenvalue weighted by Gasteiger charge is 2.13. The number of hydrogen-bond donors (Lipinski definition) is 2. The summed E-state index contributed by atoms with van der Waals surface area (Å²) >= 11 is 0. The Hall–Kier alpha value is -2.37. The van der Waals surface area contributed by atoms with Crippen LogP contribution in [0.2, 0.25) is 0 Å². The predicted molar refractivity (Wildman–Crippen MR) is 89.8 cm³/mol. The van der Waals surface area contributed by atoms with Gasteiger partial charge in [-0.2, -0.15) is 0 Å². The molecule has 6 heteroatoms. The van der Waals surface area contributed by atoms with Crippen molar-refractivity contribution in [2.75, 3.05) is 6.54 Å². The number of nitrogens with one attached hydrogen (secondary N) is 2. The Morgan fingerprint density at radius 1 is 1.13 bits per heavy atom. The third kappa shape index (κ3) is 4.55. The van der Waals surface area contributed by atoms with Crippen LogP contribution in [-0.4, -0.2) is 27.9 Å². The normalized spacial score (nSPS) is 10.7. The molecule has 0 atom stereocenters. The summed E-state index contributed by atoms with van der Waals surface area (Å²) in [6.07, 6.45) is 2.44. The van der Waals surface area contributed by atoms with Gasteiger partial charge in [-0.1, -0.05) is 32.4 Å². The SMILES string of the molecule is CCCCNC(=O)Cn1c(CNC(=O)CC)nc2ccccc21. The molecule has 0 aliphatic carbocycles. The monoisotopic (exact) mass is 316 g/mol. The maximum atomic E-state index is 12.1. The second-order valence-corrected chi connectivity index (χ2v) is 5.44. The Bertz CT molecular complexity index is 678. The number of unbranched alkanes of at least 4 members (excludes halogenated alkanes) is 1. The molecule has 0 radical (unpaired) electrons. The molecule has 6 nitrogen and oxygen atoms in total. The number of nitrogens with zero attached hydrogens (tertiary/aromatic N) is 2. The van der Waals surface area contributed by atoms with Crippen molar-refractivity contribution >= 4 is 22.8 Å². The van der Waals surface area contributed by atoms with Crippen molar-refractivity contribution in [1.29, 1.82) is 0 Å². The van der Waals surface area contributed by atoms with E-state index in [9.17, 15) is 9.59 Å². The lowest BCUT2D eigenvalue weighted by Gasteiger charge is -2.10. The fraction of sp³-hybridized carbons (Fsp3) is 0.471. The third-order valence-electron chi connectivity index (χ3n) is 3.65. The second kappa shape index (κ2) is 8.31. The maximum Gasteiger partial charge on any atom is 0.240 e. The van der Waals surface area contributed by atoms with E-state index in [1.54, 1.807) is 6.92 Å². The van der Waals surface area contributed by atoms with E-state index in [4.69, 9.17) is 0 Å². The largest absolute Gasteiger partial charge is 0.355 e. The first-order valence-corrected chi connectivity index (χ1v) is 8.13. The highest BCUT2D eigenvalue weighted by molar-refractivity contribution is 5.81. The summed E-state index contributed by atoms with van der Waals surface area (Å²) in [5.74, 6) is 0.624. The van der Waals surface area contributed by atoms with E-state index in [-0.39, 0.29) is 18.4 Å². The summed E-state index contributed by atoms with van der Waals surface area (Å²) < 4.78 is 1.87. The minimum atomic E-state index is -0.0373. The van der Waals surface area contributed by atoms with Gasteiger partial charge in [0, 0.05) is 13.0 Å². The molecule has 0 spiro atoms. The molecular weight excluding hydrogens is 292 g/mol. The first-order chi connectivity index (χ1) is 11.2. The van der Waals surface area contributed by atoms with E-state index in [1.165, 1.54) is 0 Å². The fourth-order valence-corrected chi connectivity index (χ4v) is 2.34. The zero-order chi connectivity index (χ0) is 16.7. The van der Waals surface area contributed by atoms with Gasteiger partial charge in [0.1, 0.15) is 12.4 Å². The van der Waals surface area contributed by atoms with Crippen molar-refractivity contribution in [3.05, 3.63) is 30.1 Å². The molecule has 124 valence electrons. The number of amides is 2. The van der Waals surface area contributed by atoms with E-state index >= 15 is 0 Å². The summed E-state index contributed by atoms with van der Waals surface area (Å²) in [7, 11) is 0. The molecule has 0 saturated heterocycles. The van der Waals surface area contributed by atoms with Crippen LogP contribution in [0.3, 0.4) is 0 Å². The number of fused-ring (bicyclic) bond motifs is 1. The number of hydrogen-bond acceptors (Lipinski definition) is 3. The van der Waals surface area contributed by atoms with Gasteiger partial charge in [0.2, 0.25) is 11.8 Å². The molecule has 1 heterocycles. The van der Waals surface area contributed by atoms with E-state index in [1.807, 2.05) is 28.8 Å². The molecule has 1 aromatic heterocycles. The van der Waals surface area contributed by atoms with Crippen LogP contribution in [0.15, 0.2) is 24.3 Å². The van der Waals surface area contributed by atoms with Crippen LogP contribution in [0.1, 0.15) is 38.9 Å². The van der Waals surface area contributed by atoms with Crippen LogP contribution in [-0.2, 0) is 22.7 Å². The van der Waals surface area contributed by atoms with Gasteiger partial charge >= 0.3 is 0 Å². The predicted octanol–water partition coefficient (Wildman–Crippen LogP) is 1.98. The van der Waals surface area contributed by atoms with Crippen molar-refractivity contribution in [2.45, 2.75) is 46.2 Å². The van der Waals surface area contributed by atoms with E-state index in [2.05, 4.69) is 22.5 Å². The Balaban J connectivity index is 2.17. The first-order valence-electron chi connectivity index (χ1n) is 8.13. The molecule has 0 saturated carbocycles. The molecule has 0 fully saturated rings. The molecule has 23 heavy (non-hydrogen) atoms. The Labute approximate surface area is 136 Å². The van der Waals surface area contributed by atoms with Crippen molar-refractivity contribution in [1.82, 2.24) is 20.2 Å². The van der Waals surface area contributed by atoms with Crippen LogP contribution in [0.4, 0.5) is 0 Å². The number of rotatable bonds is 8. The average Bonchev–Trinajstić information content (AvgIpc) is 2.90.